The minimum absolute atomic E-state index is 0.218. The fourth-order valence-corrected chi connectivity index (χ4v) is 3.21. The van der Waals surface area contributed by atoms with Crippen LogP contribution in [0, 0.1) is 5.41 Å². The predicted molar refractivity (Wildman–Crippen MR) is 81.1 cm³/mol. The first-order valence-electron chi connectivity index (χ1n) is 8.25. The molecule has 120 valence electrons. The molecule has 2 fully saturated rings. The van der Waals surface area contributed by atoms with Crippen LogP contribution in [0.4, 0.5) is 0 Å². The topological polar surface area (TPSA) is 60.9 Å². The number of amides is 1. The third-order valence-electron chi connectivity index (χ3n) is 5.04. The highest BCUT2D eigenvalue weighted by molar-refractivity contribution is 5.78. The van der Waals surface area contributed by atoms with Gasteiger partial charge in [0.1, 0.15) is 0 Å². The molecule has 1 N–H and O–H groups in total. The van der Waals surface area contributed by atoms with E-state index in [-0.39, 0.29) is 5.91 Å². The number of hydrogen-bond acceptors (Lipinski definition) is 3. The SMILES string of the molecule is CC1(C(=O)O)CCN(CC(=O)N2CCCCCCC2)CC1. The highest BCUT2D eigenvalue weighted by atomic mass is 16.4. The van der Waals surface area contributed by atoms with Gasteiger partial charge in [0.25, 0.3) is 0 Å². The summed E-state index contributed by atoms with van der Waals surface area (Å²) in [6.45, 7) is 5.46. The van der Waals surface area contributed by atoms with Crippen molar-refractivity contribution < 1.29 is 14.7 Å². The molecule has 0 saturated carbocycles. The van der Waals surface area contributed by atoms with Crippen molar-refractivity contribution in [3.05, 3.63) is 0 Å². The van der Waals surface area contributed by atoms with Crippen LogP contribution in [-0.2, 0) is 9.59 Å². The van der Waals surface area contributed by atoms with Gasteiger partial charge in [0, 0.05) is 13.1 Å². The van der Waals surface area contributed by atoms with Gasteiger partial charge in [0.05, 0.1) is 12.0 Å². The molecule has 2 heterocycles. The summed E-state index contributed by atoms with van der Waals surface area (Å²) in [6.07, 6.45) is 7.24. The Hall–Kier alpha value is -1.10. The first-order chi connectivity index (χ1) is 10.0. The molecule has 2 aliphatic rings. The summed E-state index contributed by atoms with van der Waals surface area (Å²) < 4.78 is 0. The fraction of sp³-hybridized carbons (Fsp3) is 0.875. The molecule has 5 nitrogen and oxygen atoms in total. The molecule has 2 saturated heterocycles. The van der Waals surface area contributed by atoms with Gasteiger partial charge in [-0.3, -0.25) is 14.5 Å². The molecule has 0 spiro atoms. The maximum atomic E-state index is 12.4. The van der Waals surface area contributed by atoms with Gasteiger partial charge in [0.2, 0.25) is 5.91 Å². The molecule has 2 aliphatic heterocycles. The molecule has 0 atom stereocenters. The lowest BCUT2D eigenvalue weighted by Crippen LogP contribution is -2.47. The third-order valence-corrected chi connectivity index (χ3v) is 5.04. The van der Waals surface area contributed by atoms with Crippen LogP contribution < -0.4 is 0 Å². The zero-order valence-electron chi connectivity index (χ0n) is 13.1. The zero-order chi connectivity index (χ0) is 15.3. The molecule has 0 radical (unpaired) electrons. The van der Waals surface area contributed by atoms with Gasteiger partial charge >= 0.3 is 5.97 Å². The quantitative estimate of drug-likeness (QED) is 0.865. The van der Waals surface area contributed by atoms with Gasteiger partial charge in [-0.25, -0.2) is 0 Å². The maximum absolute atomic E-state index is 12.4. The van der Waals surface area contributed by atoms with E-state index in [1.54, 1.807) is 0 Å². The van der Waals surface area contributed by atoms with Crippen LogP contribution in [0.15, 0.2) is 0 Å². The lowest BCUT2D eigenvalue weighted by molar-refractivity contribution is -0.150. The number of hydrogen-bond donors (Lipinski definition) is 1. The summed E-state index contributed by atoms with van der Waals surface area (Å²) in [6, 6.07) is 0. The normalized spacial score (nSPS) is 24.1. The van der Waals surface area contributed by atoms with Crippen molar-refractivity contribution >= 4 is 11.9 Å². The number of rotatable bonds is 3. The maximum Gasteiger partial charge on any atom is 0.309 e. The smallest absolute Gasteiger partial charge is 0.309 e. The number of likely N-dealkylation sites (tertiary alicyclic amines) is 2. The molecule has 0 aromatic heterocycles. The standard InChI is InChI=1S/C16H28N2O3/c1-16(15(20)21)7-11-17(12-8-16)13-14(19)18-9-5-3-2-4-6-10-18/h2-13H2,1H3,(H,20,21). The van der Waals surface area contributed by atoms with E-state index in [1.165, 1.54) is 19.3 Å². The van der Waals surface area contributed by atoms with Crippen LogP contribution in [0.2, 0.25) is 0 Å². The van der Waals surface area contributed by atoms with Gasteiger partial charge < -0.3 is 10.0 Å². The molecule has 0 aromatic rings. The Morgan fingerprint density at radius 1 is 0.952 bits per heavy atom. The van der Waals surface area contributed by atoms with E-state index < -0.39 is 11.4 Å². The van der Waals surface area contributed by atoms with Gasteiger partial charge in [0.15, 0.2) is 0 Å². The Kier molecular flexibility index (Phi) is 5.62. The highest BCUT2D eigenvalue weighted by Gasteiger charge is 2.37. The van der Waals surface area contributed by atoms with Gasteiger partial charge in [-0.1, -0.05) is 19.3 Å². The summed E-state index contributed by atoms with van der Waals surface area (Å²) in [5, 5.41) is 9.23. The van der Waals surface area contributed by atoms with Crippen molar-refractivity contribution in [1.29, 1.82) is 0 Å². The van der Waals surface area contributed by atoms with Crippen LogP contribution in [0.1, 0.15) is 51.9 Å². The Morgan fingerprint density at radius 2 is 1.48 bits per heavy atom. The summed E-state index contributed by atoms with van der Waals surface area (Å²) in [4.78, 5) is 27.7. The molecule has 21 heavy (non-hydrogen) atoms. The Morgan fingerprint density at radius 3 is 2.00 bits per heavy atom. The molecule has 1 amide bonds. The molecule has 0 aromatic carbocycles. The molecule has 0 bridgehead atoms. The second-order valence-electron chi connectivity index (χ2n) is 6.79. The Labute approximate surface area is 127 Å². The fourth-order valence-electron chi connectivity index (χ4n) is 3.21. The van der Waals surface area contributed by atoms with Crippen LogP contribution in [0.3, 0.4) is 0 Å². The zero-order valence-corrected chi connectivity index (χ0v) is 13.1. The van der Waals surface area contributed by atoms with Crippen molar-refractivity contribution in [3.63, 3.8) is 0 Å². The monoisotopic (exact) mass is 296 g/mol. The molecular formula is C16H28N2O3. The number of carboxylic acid groups (broad SMARTS) is 1. The average Bonchev–Trinajstić information content (AvgIpc) is 2.41. The second kappa shape index (κ2) is 7.25. The van der Waals surface area contributed by atoms with Crippen molar-refractivity contribution in [2.45, 2.75) is 51.9 Å². The van der Waals surface area contributed by atoms with Crippen LogP contribution in [0.25, 0.3) is 0 Å². The lowest BCUT2D eigenvalue weighted by Gasteiger charge is -2.37. The molecule has 5 heteroatoms. The molecule has 0 aliphatic carbocycles. The average molecular weight is 296 g/mol. The Bertz CT molecular complexity index is 368. The van der Waals surface area contributed by atoms with Crippen molar-refractivity contribution in [1.82, 2.24) is 9.80 Å². The van der Waals surface area contributed by atoms with Crippen molar-refractivity contribution in [2.24, 2.45) is 5.41 Å². The van der Waals surface area contributed by atoms with E-state index in [1.807, 2.05) is 11.8 Å². The van der Waals surface area contributed by atoms with Crippen LogP contribution in [0.5, 0.6) is 0 Å². The van der Waals surface area contributed by atoms with Crippen molar-refractivity contribution in [3.8, 4) is 0 Å². The van der Waals surface area contributed by atoms with Gasteiger partial charge in [-0.05, 0) is 45.7 Å². The number of carboxylic acids is 1. The Balaban J connectivity index is 1.79. The number of piperidine rings is 1. The van der Waals surface area contributed by atoms with Crippen molar-refractivity contribution in [2.75, 3.05) is 32.7 Å². The summed E-state index contributed by atoms with van der Waals surface area (Å²) in [5.41, 5.74) is -0.611. The van der Waals surface area contributed by atoms with Crippen LogP contribution >= 0.6 is 0 Å². The first-order valence-corrected chi connectivity index (χ1v) is 8.25. The van der Waals surface area contributed by atoms with E-state index in [2.05, 4.69) is 4.90 Å². The number of nitrogens with zero attached hydrogens (tertiary/aromatic N) is 2. The number of aliphatic carboxylic acids is 1. The number of carbonyl (C=O) groups excluding carboxylic acids is 1. The minimum Gasteiger partial charge on any atom is -0.481 e. The van der Waals surface area contributed by atoms with E-state index in [4.69, 9.17) is 0 Å². The van der Waals surface area contributed by atoms with Gasteiger partial charge in [-0.2, -0.15) is 0 Å². The van der Waals surface area contributed by atoms with E-state index in [0.29, 0.717) is 32.5 Å². The van der Waals surface area contributed by atoms with E-state index >= 15 is 0 Å². The molecule has 0 unspecified atom stereocenters. The van der Waals surface area contributed by atoms with Crippen LogP contribution in [-0.4, -0.2) is 59.5 Å². The summed E-state index contributed by atoms with van der Waals surface area (Å²) in [5.74, 6) is -0.493. The largest absolute Gasteiger partial charge is 0.481 e. The number of carbonyl (C=O) groups is 2. The molecular weight excluding hydrogens is 268 g/mol. The summed E-state index contributed by atoms with van der Waals surface area (Å²) >= 11 is 0. The predicted octanol–water partition coefficient (Wildman–Crippen LogP) is 1.97. The third kappa shape index (κ3) is 4.43. The second-order valence-corrected chi connectivity index (χ2v) is 6.79. The van der Waals surface area contributed by atoms with Gasteiger partial charge in [-0.15, -0.1) is 0 Å². The lowest BCUT2D eigenvalue weighted by atomic mass is 9.80. The molecule has 2 rings (SSSR count). The first kappa shape index (κ1) is 16.3. The summed E-state index contributed by atoms with van der Waals surface area (Å²) in [7, 11) is 0. The highest BCUT2D eigenvalue weighted by Crippen LogP contribution is 2.30. The van der Waals surface area contributed by atoms with E-state index in [9.17, 15) is 14.7 Å². The minimum atomic E-state index is -0.711. The van der Waals surface area contributed by atoms with E-state index in [0.717, 1.165) is 25.9 Å².